The number of hydrogen-bond acceptors (Lipinski definition) is 7. The zero-order valence-electron chi connectivity index (χ0n) is 20.0. The summed E-state index contributed by atoms with van der Waals surface area (Å²) >= 11 is 0. The molecule has 4 rings (SSSR count). The Kier molecular flexibility index (Phi) is 7.37. The molecule has 35 heavy (non-hydrogen) atoms. The standard InChI is InChI=1S/C24H31N5O6/c1-15-17(12-28-8-10-34-11-9-28)19(26-27(15)2)14-35-21-5-3-4-16-18(21)13-29(24(16)33)20(23(25)32)6-7-22(30)31/h3-5,20H,6-14H2,1-2H3,(H2,25,32)(H,30,31). The Bertz CT molecular complexity index is 1120. The van der Waals surface area contributed by atoms with Crippen molar-refractivity contribution in [2.24, 2.45) is 12.8 Å². The lowest BCUT2D eigenvalue weighted by Crippen LogP contribution is -2.45. The number of hydrogen-bond donors (Lipinski definition) is 2. The summed E-state index contributed by atoms with van der Waals surface area (Å²) in [5, 5.41) is 13.6. The van der Waals surface area contributed by atoms with E-state index in [0.717, 1.165) is 36.6 Å². The summed E-state index contributed by atoms with van der Waals surface area (Å²) in [5.41, 5.74) is 9.59. The second kappa shape index (κ2) is 10.4. The predicted octanol–water partition coefficient (Wildman–Crippen LogP) is 0.814. The molecule has 1 unspecified atom stereocenters. The average molecular weight is 486 g/mol. The molecule has 2 aromatic rings. The summed E-state index contributed by atoms with van der Waals surface area (Å²) in [5.74, 6) is -1.61. The molecule has 2 aliphatic rings. The fourth-order valence-corrected chi connectivity index (χ4v) is 4.60. The van der Waals surface area contributed by atoms with Crippen molar-refractivity contribution in [3.8, 4) is 5.75 Å². The summed E-state index contributed by atoms with van der Waals surface area (Å²) in [6.07, 6.45) is -0.305. The van der Waals surface area contributed by atoms with E-state index in [9.17, 15) is 14.4 Å². The molecule has 0 spiro atoms. The zero-order chi connectivity index (χ0) is 25.1. The zero-order valence-corrected chi connectivity index (χ0v) is 20.0. The number of benzene rings is 1. The summed E-state index contributed by atoms with van der Waals surface area (Å²) in [7, 11) is 1.90. The maximum atomic E-state index is 13.0. The average Bonchev–Trinajstić information content (AvgIpc) is 3.30. The van der Waals surface area contributed by atoms with E-state index < -0.39 is 17.9 Å². The molecule has 1 aromatic carbocycles. The highest BCUT2D eigenvalue weighted by Gasteiger charge is 2.37. The first-order chi connectivity index (χ1) is 16.8. The van der Waals surface area contributed by atoms with Crippen LogP contribution in [-0.2, 0) is 41.1 Å². The Morgan fingerprint density at radius 2 is 2.03 bits per heavy atom. The van der Waals surface area contributed by atoms with Gasteiger partial charge < -0.3 is 25.2 Å². The van der Waals surface area contributed by atoms with Crippen molar-refractivity contribution in [3.05, 3.63) is 46.3 Å². The number of aliphatic carboxylic acids is 1. The minimum atomic E-state index is -1.05. The van der Waals surface area contributed by atoms with Crippen LogP contribution >= 0.6 is 0 Å². The number of carbonyl (C=O) groups excluding carboxylic acids is 2. The molecule has 2 aliphatic heterocycles. The Morgan fingerprint density at radius 1 is 1.29 bits per heavy atom. The van der Waals surface area contributed by atoms with Gasteiger partial charge in [0.25, 0.3) is 5.91 Å². The number of carboxylic acid groups (broad SMARTS) is 1. The highest BCUT2D eigenvalue weighted by atomic mass is 16.5. The molecule has 1 saturated heterocycles. The number of aromatic nitrogens is 2. The lowest BCUT2D eigenvalue weighted by atomic mass is 10.1. The minimum absolute atomic E-state index is 0.0430. The number of nitrogens with two attached hydrogens (primary N) is 1. The maximum Gasteiger partial charge on any atom is 0.303 e. The van der Waals surface area contributed by atoms with E-state index in [1.54, 1.807) is 18.2 Å². The summed E-state index contributed by atoms with van der Waals surface area (Å²) < 4.78 is 13.5. The van der Waals surface area contributed by atoms with E-state index in [4.69, 9.17) is 20.3 Å². The van der Waals surface area contributed by atoms with Gasteiger partial charge in [0.1, 0.15) is 24.1 Å². The lowest BCUT2D eigenvalue weighted by Gasteiger charge is -2.26. The van der Waals surface area contributed by atoms with Gasteiger partial charge in [-0.2, -0.15) is 5.10 Å². The molecule has 0 aliphatic carbocycles. The van der Waals surface area contributed by atoms with Gasteiger partial charge in [-0.05, 0) is 25.5 Å². The number of amides is 2. The third-order valence-corrected chi connectivity index (χ3v) is 6.68. The molecule has 0 bridgehead atoms. The van der Waals surface area contributed by atoms with Crippen molar-refractivity contribution in [3.63, 3.8) is 0 Å². The molecule has 188 valence electrons. The van der Waals surface area contributed by atoms with Crippen molar-refractivity contribution in [2.45, 2.75) is 45.5 Å². The molecule has 11 heteroatoms. The monoisotopic (exact) mass is 485 g/mol. The molecule has 1 atom stereocenters. The van der Waals surface area contributed by atoms with Crippen LogP contribution < -0.4 is 10.5 Å². The molecule has 3 heterocycles. The third kappa shape index (κ3) is 5.30. The van der Waals surface area contributed by atoms with Crippen LogP contribution in [0.4, 0.5) is 0 Å². The normalized spacial score (nSPS) is 16.9. The molecule has 1 aromatic heterocycles. The van der Waals surface area contributed by atoms with Gasteiger partial charge >= 0.3 is 5.97 Å². The fourth-order valence-electron chi connectivity index (χ4n) is 4.60. The van der Waals surface area contributed by atoms with E-state index in [1.165, 1.54) is 4.90 Å². The van der Waals surface area contributed by atoms with E-state index >= 15 is 0 Å². The first-order valence-corrected chi connectivity index (χ1v) is 11.6. The smallest absolute Gasteiger partial charge is 0.303 e. The van der Waals surface area contributed by atoms with E-state index in [2.05, 4.69) is 10.00 Å². The second-order valence-corrected chi connectivity index (χ2v) is 8.88. The van der Waals surface area contributed by atoms with E-state index in [0.29, 0.717) is 30.1 Å². The number of rotatable bonds is 10. The van der Waals surface area contributed by atoms with Crippen LogP contribution in [0.2, 0.25) is 0 Å². The van der Waals surface area contributed by atoms with Crippen molar-refractivity contribution in [1.29, 1.82) is 0 Å². The van der Waals surface area contributed by atoms with Crippen LogP contribution in [0.5, 0.6) is 5.75 Å². The quantitative estimate of drug-likeness (QED) is 0.504. The van der Waals surface area contributed by atoms with Crippen molar-refractivity contribution in [1.82, 2.24) is 19.6 Å². The minimum Gasteiger partial charge on any atom is -0.487 e. The largest absolute Gasteiger partial charge is 0.487 e. The Morgan fingerprint density at radius 3 is 2.71 bits per heavy atom. The number of primary amides is 1. The van der Waals surface area contributed by atoms with Crippen LogP contribution in [0.25, 0.3) is 0 Å². The van der Waals surface area contributed by atoms with Crippen LogP contribution in [-0.4, -0.2) is 74.8 Å². The van der Waals surface area contributed by atoms with Crippen LogP contribution in [0.1, 0.15) is 45.7 Å². The fraction of sp³-hybridized carbons (Fsp3) is 0.500. The molecule has 1 fully saturated rings. The number of nitrogens with zero attached hydrogens (tertiary/aromatic N) is 4. The molecule has 3 N–H and O–H groups in total. The van der Waals surface area contributed by atoms with Crippen LogP contribution in [0.3, 0.4) is 0 Å². The first kappa shape index (κ1) is 24.7. The SMILES string of the molecule is Cc1c(CN2CCOCC2)c(COc2cccc3c2CN(C(CCC(=O)O)C(N)=O)C3=O)nn1C. The highest BCUT2D eigenvalue weighted by molar-refractivity contribution is 6.01. The molecule has 2 amide bonds. The third-order valence-electron chi connectivity index (χ3n) is 6.68. The predicted molar refractivity (Wildman–Crippen MR) is 125 cm³/mol. The van der Waals surface area contributed by atoms with Gasteiger partial charge in [0.2, 0.25) is 5.91 Å². The molecule has 0 radical (unpaired) electrons. The van der Waals surface area contributed by atoms with Crippen molar-refractivity contribution < 1.29 is 29.0 Å². The Labute approximate surface area is 203 Å². The van der Waals surface area contributed by atoms with Gasteiger partial charge in [-0.15, -0.1) is 0 Å². The molecule has 11 nitrogen and oxygen atoms in total. The van der Waals surface area contributed by atoms with Gasteiger partial charge in [-0.25, -0.2) is 0 Å². The van der Waals surface area contributed by atoms with Crippen molar-refractivity contribution in [2.75, 3.05) is 26.3 Å². The van der Waals surface area contributed by atoms with Gasteiger partial charge in [-0.3, -0.25) is 24.0 Å². The van der Waals surface area contributed by atoms with Crippen LogP contribution in [0.15, 0.2) is 18.2 Å². The number of carboxylic acids is 1. The summed E-state index contributed by atoms with van der Waals surface area (Å²) in [4.78, 5) is 39.7. The molecule has 0 saturated carbocycles. The first-order valence-electron chi connectivity index (χ1n) is 11.6. The van der Waals surface area contributed by atoms with Gasteiger partial charge in [-0.1, -0.05) is 6.07 Å². The number of aryl methyl sites for hydroxylation is 1. The Balaban J connectivity index is 1.51. The topological polar surface area (TPSA) is 140 Å². The summed E-state index contributed by atoms with van der Waals surface area (Å²) in [6.45, 7) is 6.29. The highest BCUT2D eigenvalue weighted by Crippen LogP contribution is 2.33. The second-order valence-electron chi connectivity index (χ2n) is 8.88. The van der Waals surface area contributed by atoms with Crippen molar-refractivity contribution >= 4 is 17.8 Å². The number of carbonyl (C=O) groups is 3. The maximum absolute atomic E-state index is 13.0. The number of fused-ring (bicyclic) bond motifs is 1. The van der Waals surface area contributed by atoms with E-state index in [-0.39, 0.29) is 31.9 Å². The lowest BCUT2D eigenvalue weighted by molar-refractivity contribution is -0.137. The number of ether oxygens (including phenoxy) is 2. The van der Waals surface area contributed by atoms with Crippen LogP contribution in [0, 0.1) is 6.92 Å². The number of morpholine rings is 1. The Hall–Kier alpha value is -3.44. The van der Waals surface area contributed by atoms with E-state index in [1.807, 2.05) is 18.7 Å². The molecular weight excluding hydrogens is 454 g/mol. The van der Waals surface area contributed by atoms with Gasteiger partial charge in [0.05, 0.1) is 19.8 Å². The van der Waals surface area contributed by atoms with Gasteiger partial charge in [0.15, 0.2) is 0 Å². The summed E-state index contributed by atoms with van der Waals surface area (Å²) in [6, 6.07) is 4.18. The van der Waals surface area contributed by atoms with Gasteiger partial charge in [0, 0.05) is 55.5 Å². The molecular formula is C24H31N5O6.